The summed E-state index contributed by atoms with van der Waals surface area (Å²) in [5.74, 6) is 0.881. The molecule has 1 fully saturated rings. The Kier molecular flexibility index (Phi) is 3.71. The van der Waals surface area contributed by atoms with E-state index in [0.29, 0.717) is 0 Å². The van der Waals surface area contributed by atoms with Crippen LogP contribution in [0.3, 0.4) is 0 Å². The summed E-state index contributed by atoms with van der Waals surface area (Å²) in [5, 5.41) is 4.67. The largest absolute Gasteiger partial charge is 0.314 e. The minimum atomic E-state index is 0.771. The lowest BCUT2D eigenvalue weighted by Gasteiger charge is -2.29. The molecule has 0 aromatic heterocycles. The Morgan fingerprint density at radius 3 is 3.00 bits per heavy atom. The molecule has 1 saturated heterocycles. The van der Waals surface area contributed by atoms with Gasteiger partial charge in [-0.2, -0.15) is 0 Å². The van der Waals surface area contributed by atoms with E-state index in [-0.39, 0.29) is 0 Å². The van der Waals surface area contributed by atoms with Crippen LogP contribution >= 0.6 is 15.9 Å². The third-order valence-electron chi connectivity index (χ3n) is 2.35. The number of piperidine rings is 1. The summed E-state index contributed by atoms with van der Waals surface area (Å²) < 4.78 is 0. The van der Waals surface area contributed by atoms with Crippen molar-refractivity contribution in [1.82, 2.24) is 5.32 Å². The van der Waals surface area contributed by atoms with Gasteiger partial charge in [0.1, 0.15) is 0 Å². The first kappa shape index (κ1) is 8.54. The minimum absolute atomic E-state index is 0.771. The van der Waals surface area contributed by atoms with Gasteiger partial charge in [0, 0.05) is 11.4 Å². The van der Waals surface area contributed by atoms with Crippen molar-refractivity contribution in [3.63, 3.8) is 0 Å². The molecule has 1 nitrogen and oxygen atoms in total. The second-order valence-electron chi connectivity index (χ2n) is 3.16. The van der Waals surface area contributed by atoms with Gasteiger partial charge in [0.15, 0.2) is 0 Å². The lowest BCUT2D eigenvalue weighted by molar-refractivity contribution is 0.295. The standard InChI is InChI=1S/C8H16BrN/c1-7-3-2-6-10-8(7)4-5-9/h7-8,10H,2-6H2,1H3/t7-,8+/m1/s1. The van der Waals surface area contributed by atoms with E-state index >= 15 is 0 Å². The predicted molar refractivity (Wildman–Crippen MR) is 48.6 cm³/mol. The molecule has 0 unspecified atom stereocenters. The fourth-order valence-electron chi connectivity index (χ4n) is 1.62. The van der Waals surface area contributed by atoms with Gasteiger partial charge in [-0.05, 0) is 31.7 Å². The Hall–Kier alpha value is 0.440. The van der Waals surface area contributed by atoms with Crippen molar-refractivity contribution in [3.8, 4) is 0 Å². The first-order chi connectivity index (χ1) is 4.84. The predicted octanol–water partition coefficient (Wildman–Crippen LogP) is 2.16. The van der Waals surface area contributed by atoms with Crippen molar-refractivity contribution in [2.24, 2.45) is 5.92 Å². The molecule has 1 N–H and O–H groups in total. The van der Waals surface area contributed by atoms with Gasteiger partial charge in [-0.1, -0.05) is 22.9 Å². The molecular formula is C8H16BrN. The van der Waals surface area contributed by atoms with Crippen molar-refractivity contribution in [2.75, 3.05) is 11.9 Å². The van der Waals surface area contributed by atoms with E-state index in [1.807, 2.05) is 0 Å². The second kappa shape index (κ2) is 4.35. The van der Waals surface area contributed by atoms with Gasteiger partial charge in [0.2, 0.25) is 0 Å². The van der Waals surface area contributed by atoms with Gasteiger partial charge < -0.3 is 5.32 Å². The number of rotatable bonds is 2. The summed E-state index contributed by atoms with van der Waals surface area (Å²) in [4.78, 5) is 0. The highest BCUT2D eigenvalue weighted by molar-refractivity contribution is 9.09. The van der Waals surface area contributed by atoms with Crippen molar-refractivity contribution in [1.29, 1.82) is 0 Å². The molecule has 60 valence electrons. The number of nitrogens with one attached hydrogen (secondary N) is 1. The quantitative estimate of drug-likeness (QED) is 0.682. The van der Waals surface area contributed by atoms with Crippen LogP contribution in [0.1, 0.15) is 26.2 Å². The first-order valence-electron chi connectivity index (χ1n) is 4.14. The number of hydrogen-bond donors (Lipinski definition) is 1. The van der Waals surface area contributed by atoms with Crippen LogP contribution in [-0.2, 0) is 0 Å². The Morgan fingerprint density at radius 1 is 1.60 bits per heavy atom. The van der Waals surface area contributed by atoms with Gasteiger partial charge in [-0.25, -0.2) is 0 Å². The molecule has 0 radical (unpaired) electrons. The van der Waals surface area contributed by atoms with Crippen LogP contribution in [0.2, 0.25) is 0 Å². The molecule has 0 aromatic rings. The molecule has 0 aromatic carbocycles. The minimum Gasteiger partial charge on any atom is -0.314 e. The molecule has 2 atom stereocenters. The van der Waals surface area contributed by atoms with Gasteiger partial charge in [0.25, 0.3) is 0 Å². The summed E-state index contributed by atoms with van der Waals surface area (Å²) in [7, 11) is 0. The number of hydrogen-bond acceptors (Lipinski definition) is 1. The third-order valence-corrected chi connectivity index (χ3v) is 2.81. The monoisotopic (exact) mass is 205 g/mol. The lowest BCUT2D eigenvalue weighted by atomic mass is 9.91. The smallest absolute Gasteiger partial charge is 0.0101 e. The van der Waals surface area contributed by atoms with Crippen LogP contribution in [0.4, 0.5) is 0 Å². The molecule has 0 spiro atoms. The number of alkyl halides is 1. The number of halogens is 1. The van der Waals surface area contributed by atoms with Crippen LogP contribution in [0.25, 0.3) is 0 Å². The van der Waals surface area contributed by atoms with E-state index in [0.717, 1.165) is 17.3 Å². The van der Waals surface area contributed by atoms with Crippen molar-refractivity contribution >= 4 is 15.9 Å². The van der Waals surface area contributed by atoms with Gasteiger partial charge >= 0.3 is 0 Å². The average molecular weight is 206 g/mol. The topological polar surface area (TPSA) is 12.0 Å². The Morgan fingerprint density at radius 2 is 2.40 bits per heavy atom. The summed E-state index contributed by atoms with van der Waals surface area (Å²) in [6.07, 6.45) is 4.05. The van der Waals surface area contributed by atoms with Gasteiger partial charge in [-0.3, -0.25) is 0 Å². The summed E-state index contributed by atoms with van der Waals surface area (Å²) in [6.45, 7) is 3.57. The third kappa shape index (κ3) is 2.24. The SMILES string of the molecule is C[C@@H]1CCCN[C@H]1CCBr. The van der Waals surface area contributed by atoms with Crippen molar-refractivity contribution in [2.45, 2.75) is 32.2 Å². The van der Waals surface area contributed by atoms with Gasteiger partial charge in [-0.15, -0.1) is 0 Å². The van der Waals surface area contributed by atoms with E-state index in [2.05, 4.69) is 28.2 Å². The van der Waals surface area contributed by atoms with Crippen molar-refractivity contribution in [3.05, 3.63) is 0 Å². The maximum Gasteiger partial charge on any atom is 0.0101 e. The fourth-order valence-corrected chi connectivity index (χ4v) is 2.11. The highest BCUT2D eigenvalue weighted by Crippen LogP contribution is 2.18. The van der Waals surface area contributed by atoms with Crippen molar-refractivity contribution < 1.29 is 0 Å². The first-order valence-corrected chi connectivity index (χ1v) is 5.26. The molecule has 0 amide bonds. The summed E-state index contributed by atoms with van der Waals surface area (Å²) in [5.41, 5.74) is 0. The molecule has 1 heterocycles. The average Bonchev–Trinajstić information content (AvgIpc) is 1.94. The lowest BCUT2D eigenvalue weighted by Crippen LogP contribution is -2.40. The molecule has 2 heteroatoms. The molecule has 0 bridgehead atoms. The van der Waals surface area contributed by atoms with Gasteiger partial charge in [0.05, 0.1) is 0 Å². The van der Waals surface area contributed by atoms with Crippen LogP contribution in [-0.4, -0.2) is 17.9 Å². The highest BCUT2D eigenvalue weighted by atomic mass is 79.9. The van der Waals surface area contributed by atoms with E-state index < -0.39 is 0 Å². The molecule has 1 aliphatic heterocycles. The van der Waals surface area contributed by atoms with E-state index in [1.165, 1.54) is 25.8 Å². The summed E-state index contributed by atoms with van der Waals surface area (Å²) >= 11 is 3.47. The van der Waals surface area contributed by atoms with Crippen LogP contribution in [0.15, 0.2) is 0 Å². The fraction of sp³-hybridized carbons (Fsp3) is 1.00. The maximum atomic E-state index is 3.54. The normalized spacial score (nSPS) is 34.2. The molecular weight excluding hydrogens is 190 g/mol. The Balaban J connectivity index is 2.25. The zero-order chi connectivity index (χ0) is 7.40. The molecule has 10 heavy (non-hydrogen) atoms. The van der Waals surface area contributed by atoms with E-state index in [9.17, 15) is 0 Å². The van der Waals surface area contributed by atoms with E-state index in [4.69, 9.17) is 0 Å². The van der Waals surface area contributed by atoms with Crippen LogP contribution in [0.5, 0.6) is 0 Å². The Labute approximate surface area is 71.7 Å². The van der Waals surface area contributed by atoms with Crippen LogP contribution in [0, 0.1) is 5.92 Å². The maximum absolute atomic E-state index is 3.54. The van der Waals surface area contributed by atoms with E-state index in [1.54, 1.807) is 0 Å². The summed E-state index contributed by atoms with van der Waals surface area (Å²) in [6, 6.07) is 0.771. The molecule has 1 aliphatic rings. The Bertz CT molecular complexity index is 93.3. The zero-order valence-electron chi connectivity index (χ0n) is 6.57. The zero-order valence-corrected chi connectivity index (χ0v) is 8.15. The molecule has 0 aliphatic carbocycles. The highest BCUT2D eigenvalue weighted by Gasteiger charge is 2.19. The molecule has 0 saturated carbocycles. The second-order valence-corrected chi connectivity index (χ2v) is 3.95. The van der Waals surface area contributed by atoms with Crippen LogP contribution < -0.4 is 5.32 Å². The molecule has 1 rings (SSSR count).